The fourth-order valence-corrected chi connectivity index (χ4v) is 5.28. The standard InChI is InChI=1S/C11H4F10O4S2/c1-2-3-5(12)7(14)4(8(15)6(3)13)9(26(22,23)10(16,17)18)27(24,25)11(19,20)21/h2,9H,1H2. The number of hydrogen-bond acceptors (Lipinski definition) is 4. The molecule has 0 atom stereocenters. The molecule has 0 spiro atoms. The number of benzene rings is 1. The summed E-state index contributed by atoms with van der Waals surface area (Å²) >= 11 is 0. The predicted molar refractivity (Wildman–Crippen MR) is 69.1 cm³/mol. The van der Waals surface area contributed by atoms with Crippen molar-refractivity contribution in [2.24, 2.45) is 0 Å². The van der Waals surface area contributed by atoms with E-state index in [4.69, 9.17) is 0 Å². The third kappa shape index (κ3) is 3.51. The highest BCUT2D eigenvalue weighted by atomic mass is 32.3. The smallest absolute Gasteiger partial charge is 0.218 e. The van der Waals surface area contributed by atoms with E-state index in [1.54, 1.807) is 0 Å². The van der Waals surface area contributed by atoms with Crippen LogP contribution >= 0.6 is 0 Å². The van der Waals surface area contributed by atoms with Crippen molar-refractivity contribution < 1.29 is 60.7 Å². The molecule has 1 rings (SSSR count). The summed E-state index contributed by atoms with van der Waals surface area (Å²) < 4.78 is 171. The Morgan fingerprint density at radius 2 is 1.00 bits per heavy atom. The molecule has 27 heavy (non-hydrogen) atoms. The molecule has 0 aliphatic rings. The van der Waals surface area contributed by atoms with Crippen LogP contribution in [0, 0.1) is 23.3 Å². The van der Waals surface area contributed by atoms with Crippen molar-refractivity contribution in [3.8, 4) is 0 Å². The Kier molecular flexibility index (Phi) is 5.71. The van der Waals surface area contributed by atoms with Crippen molar-refractivity contribution in [1.82, 2.24) is 0 Å². The third-order valence-corrected chi connectivity index (χ3v) is 7.39. The van der Waals surface area contributed by atoms with Crippen LogP contribution in [0.1, 0.15) is 15.7 Å². The SMILES string of the molecule is C=Cc1c(F)c(F)c(C(S(=O)(=O)C(F)(F)F)S(=O)(=O)C(F)(F)F)c(F)c1F. The summed E-state index contributed by atoms with van der Waals surface area (Å²) in [5.41, 5.74) is -18.4. The number of hydrogen-bond donors (Lipinski definition) is 0. The quantitative estimate of drug-likeness (QED) is 0.514. The second-order valence-corrected chi connectivity index (χ2v) is 8.95. The van der Waals surface area contributed by atoms with E-state index in [2.05, 4.69) is 6.58 Å². The Morgan fingerprint density at radius 1 is 0.704 bits per heavy atom. The molecule has 16 heteroatoms. The van der Waals surface area contributed by atoms with Gasteiger partial charge in [-0.2, -0.15) is 26.3 Å². The average molecular weight is 454 g/mol. The lowest BCUT2D eigenvalue weighted by atomic mass is 10.1. The van der Waals surface area contributed by atoms with E-state index in [9.17, 15) is 60.7 Å². The molecule has 0 bridgehead atoms. The van der Waals surface area contributed by atoms with Gasteiger partial charge in [-0.05, 0) is 0 Å². The molecule has 0 radical (unpaired) electrons. The largest absolute Gasteiger partial charge is 0.499 e. The summed E-state index contributed by atoms with van der Waals surface area (Å²) in [5, 5.41) is 0. The molecular weight excluding hydrogens is 450 g/mol. The van der Waals surface area contributed by atoms with Gasteiger partial charge in [-0.3, -0.25) is 0 Å². The molecule has 1 aromatic carbocycles. The van der Waals surface area contributed by atoms with E-state index in [0.717, 1.165) is 0 Å². The van der Waals surface area contributed by atoms with Gasteiger partial charge in [0.05, 0.1) is 11.1 Å². The summed E-state index contributed by atoms with van der Waals surface area (Å²) in [5.74, 6) is -11.5. The second-order valence-electron chi connectivity index (χ2n) is 4.60. The average Bonchev–Trinajstić information content (AvgIpc) is 2.47. The van der Waals surface area contributed by atoms with Gasteiger partial charge in [-0.15, -0.1) is 0 Å². The Bertz CT molecular complexity index is 916. The van der Waals surface area contributed by atoms with Crippen LogP contribution in [0.2, 0.25) is 0 Å². The number of rotatable bonds is 4. The van der Waals surface area contributed by atoms with Crippen molar-refractivity contribution in [3.05, 3.63) is 41.0 Å². The highest BCUT2D eigenvalue weighted by molar-refractivity contribution is 8.09. The molecule has 154 valence electrons. The fourth-order valence-electron chi connectivity index (χ4n) is 1.77. The van der Waals surface area contributed by atoms with Crippen LogP contribution in [0.25, 0.3) is 6.08 Å². The van der Waals surface area contributed by atoms with E-state index in [-0.39, 0.29) is 6.08 Å². The lowest BCUT2D eigenvalue weighted by Gasteiger charge is -2.22. The lowest BCUT2D eigenvalue weighted by Crippen LogP contribution is -2.40. The first-order valence-electron chi connectivity index (χ1n) is 5.92. The first-order valence-corrected chi connectivity index (χ1v) is 9.01. The molecular formula is C11H4F10O4S2. The van der Waals surface area contributed by atoms with Crippen molar-refractivity contribution in [1.29, 1.82) is 0 Å². The summed E-state index contributed by atoms with van der Waals surface area (Å²) in [4.78, 5) is 0. The summed E-state index contributed by atoms with van der Waals surface area (Å²) in [7, 11) is -15.2. The summed E-state index contributed by atoms with van der Waals surface area (Å²) in [6.07, 6.45) is 0.0616. The molecule has 0 heterocycles. The molecule has 0 aliphatic heterocycles. The van der Waals surface area contributed by atoms with Crippen LogP contribution in [0.4, 0.5) is 43.9 Å². The molecule has 0 amide bonds. The highest BCUT2D eigenvalue weighted by Gasteiger charge is 2.65. The minimum absolute atomic E-state index is 0.0616. The summed E-state index contributed by atoms with van der Waals surface area (Å²) in [6, 6.07) is 0. The van der Waals surface area contributed by atoms with Crippen LogP contribution in [-0.4, -0.2) is 27.9 Å². The van der Waals surface area contributed by atoms with Gasteiger partial charge < -0.3 is 0 Å². The topological polar surface area (TPSA) is 68.3 Å². The van der Waals surface area contributed by atoms with Gasteiger partial charge in [-0.1, -0.05) is 12.7 Å². The number of alkyl halides is 6. The zero-order valence-electron chi connectivity index (χ0n) is 12.1. The van der Waals surface area contributed by atoms with E-state index in [0.29, 0.717) is 0 Å². The van der Waals surface area contributed by atoms with Gasteiger partial charge in [-0.25, -0.2) is 34.4 Å². The van der Waals surface area contributed by atoms with Crippen LogP contribution in [0.5, 0.6) is 0 Å². The zero-order valence-corrected chi connectivity index (χ0v) is 13.7. The molecule has 4 nitrogen and oxygen atoms in total. The van der Waals surface area contributed by atoms with Gasteiger partial charge in [0.2, 0.25) is 4.58 Å². The van der Waals surface area contributed by atoms with E-state index in [1.165, 1.54) is 0 Å². The van der Waals surface area contributed by atoms with Gasteiger partial charge >= 0.3 is 11.0 Å². The molecule has 0 aromatic heterocycles. The maximum absolute atomic E-state index is 13.9. The normalized spacial score (nSPS) is 13.9. The van der Waals surface area contributed by atoms with Gasteiger partial charge in [0.15, 0.2) is 23.3 Å². The number of halogens is 10. The Balaban J connectivity index is 4.23. The first kappa shape index (κ1) is 23.2. The summed E-state index contributed by atoms with van der Waals surface area (Å²) in [6.45, 7) is 2.68. The van der Waals surface area contributed by atoms with Crippen LogP contribution in [0.15, 0.2) is 6.58 Å². The van der Waals surface area contributed by atoms with Crippen molar-refractivity contribution in [3.63, 3.8) is 0 Å². The van der Waals surface area contributed by atoms with Gasteiger partial charge in [0.1, 0.15) is 0 Å². The molecule has 0 unspecified atom stereocenters. The van der Waals surface area contributed by atoms with Crippen molar-refractivity contribution in [2.45, 2.75) is 15.6 Å². The van der Waals surface area contributed by atoms with E-state index >= 15 is 0 Å². The van der Waals surface area contributed by atoms with Crippen molar-refractivity contribution >= 4 is 25.8 Å². The molecule has 0 N–H and O–H groups in total. The zero-order chi connectivity index (χ0) is 21.7. The Hall–Kier alpha value is -1.84. The first-order chi connectivity index (χ1) is 11.8. The van der Waals surface area contributed by atoms with Crippen LogP contribution in [-0.2, 0) is 19.7 Å². The maximum atomic E-state index is 13.9. The highest BCUT2D eigenvalue weighted by Crippen LogP contribution is 2.47. The van der Waals surface area contributed by atoms with Gasteiger partial charge in [0.25, 0.3) is 19.7 Å². The predicted octanol–water partition coefficient (Wildman–Crippen LogP) is 3.75. The van der Waals surface area contributed by atoms with E-state index < -0.39 is 69.7 Å². The third-order valence-electron chi connectivity index (χ3n) is 2.98. The Labute approximate surface area is 143 Å². The minimum Gasteiger partial charge on any atom is -0.218 e. The molecule has 1 aromatic rings. The lowest BCUT2D eigenvalue weighted by molar-refractivity contribution is -0.0473. The molecule has 0 saturated heterocycles. The molecule has 0 saturated carbocycles. The fraction of sp³-hybridized carbons (Fsp3) is 0.273. The van der Waals surface area contributed by atoms with Crippen LogP contribution < -0.4 is 0 Å². The molecule has 0 aliphatic carbocycles. The van der Waals surface area contributed by atoms with Crippen LogP contribution in [0.3, 0.4) is 0 Å². The maximum Gasteiger partial charge on any atom is 0.499 e. The number of sulfone groups is 2. The van der Waals surface area contributed by atoms with E-state index in [1.807, 2.05) is 0 Å². The second kappa shape index (κ2) is 6.65. The Morgan fingerprint density at radius 3 is 1.22 bits per heavy atom. The minimum atomic E-state index is -7.58. The van der Waals surface area contributed by atoms with Crippen molar-refractivity contribution in [2.75, 3.05) is 0 Å². The molecule has 0 fully saturated rings. The monoisotopic (exact) mass is 454 g/mol. The van der Waals surface area contributed by atoms with Gasteiger partial charge in [0, 0.05) is 0 Å².